The predicted molar refractivity (Wildman–Crippen MR) is 110 cm³/mol. The Kier molecular flexibility index (Phi) is 5.44. The number of para-hydroxylation sites is 1. The molecule has 29 heavy (non-hydrogen) atoms. The lowest BCUT2D eigenvalue weighted by molar-refractivity contribution is 0.258. The van der Waals surface area contributed by atoms with Crippen LogP contribution in [0.15, 0.2) is 78.9 Å². The maximum absolute atomic E-state index is 13.7. The first-order valence-corrected chi connectivity index (χ1v) is 9.47. The van der Waals surface area contributed by atoms with E-state index < -0.39 is 0 Å². The fourth-order valence-electron chi connectivity index (χ4n) is 3.59. The van der Waals surface area contributed by atoms with Crippen molar-refractivity contribution in [3.8, 4) is 5.69 Å². The summed E-state index contributed by atoms with van der Waals surface area (Å²) in [5.74, 6) is 0.473. The highest BCUT2D eigenvalue weighted by Crippen LogP contribution is 2.29. The zero-order valence-corrected chi connectivity index (χ0v) is 16.4. The van der Waals surface area contributed by atoms with Gasteiger partial charge in [-0.2, -0.15) is 4.68 Å². The van der Waals surface area contributed by atoms with Gasteiger partial charge in [0.2, 0.25) is 0 Å². The zero-order valence-electron chi connectivity index (χ0n) is 16.4. The molecule has 0 fully saturated rings. The molecule has 0 aliphatic heterocycles. The lowest BCUT2D eigenvalue weighted by Gasteiger charge is -2.28. The molecule has 4 aromatic rings. The van der Waals surface area contributed by atoms with Gasteiger partial charge < -0.3 is 0 Å². The van der Waals surface area contributed by atoms with Crippen molar-refractivity contribution in [3.63, 3.8) is 0 Å². The van der Waals surface area contributed by atoms with Gasteiger partial charge in [-0.3, -0.25) is 4.90 Å². The van der Waals surface area contributed by atoms with E-state index in [4.69, 9.17) is 0 Å². The van der Waals surface area contributed by atoms with Crippen molar-refractivity contribution in [2.75, 3.05) is 7.05 Å². The lowest BCUT2D eigenvalue weighted by atomic mass is 10.0. The van der Waals surface area contributed by atoms with Crippen molar-refractivity contribution in [2.24, 2.45) is 0 Å². The van der Waals surface area contributed by atoms with Crippen LogP contribution in [0.3, 0.4) is 0 Å². The van der Waals surface area contributed by atoms with Crippen LogP contribution >= 0.6 is 0 Å². The maximum atomic E-state index is 13.7. The quantitative estimate of drug-likeness (QED) is 0.494. The van der Waals surface area contributed by atoms with Crippen molar-refractivity contribution >= 4 is 0 Å². The van der Waals surface area contributed by atoms with Gasteiger partial charge in [0.1, 0.15) is 5.82 Å². The monoisotopic (exact) mass is 387 g/mol. The third kappa shape index (κ3) is 4.07. The van der Waals surface area contributed by atoms with Crippen LogP contribution in [0.1, 0.15) is 28.6 Å². The van der Waals surface area contributed by atoms with Gasteiger partial charge in [-0.1, -0.05) is 60.7 Å². The Morgan fingerprint density at radius 1 is 0.966 bits per heavy atom. The molecule has 0 N–H and O–H groups in total. The van der Waals surface area contributed by atoms with E-state index in [0.717, 1.165) is 22.4 Å². The Balaban J connectivity index is 1.77. The molecule has 0 spiro atoms. The van der Waals surface area contributed by atoms with E-state index in [1.807, 2.05) is 62.5 Å². The van der Waals surface area contributed by atoms with Gasteiger partial charge in [-0.15, -0.1) is 5.10 Å². The van der Waals surface area contributed by atoms with E-state index >= 15 is 0 Å². The second-order valence-corrected chi connectivity index (χ2v) is 7.09. The smallest absolute Gasteiger partial charge is 0.178 e. The Morgan fingerprint density at radius 3 is 2.48 bits per heavy atom. The third-order valence-electron chi connectivity index (χ3n) is 4.96. The topological polar surface area (TPSA) is 46.8 Å². The Labute approximate surface area is 169 Å². The summed E-state index contributed by atoms with van der Waals surface area (Å²) in [6.45, 7) is 2.59. The summed E-state index contributed by atoms with van der Waals surface area (Å²) >= 11 is 0. The summed E-state index contributed by atoms with van der Waals surface area (Å²) in [5.41, 5.74) is 3.98. The van der Waals surface area contributed by atoms with Gasteiger partial charge in [0.25, 0.3) is 0 Å². The highest BCUT2D eigenvalue weighted by Gasteiger charge is 2.26. The molecular formula is C23H22FN5. The average molecular weight is 387 g/mol. The first-order chi connectivity index (χ1) is 14.1. The molecule has 3 aromatic carbocycles. The van der Waals surface area contributed by atoms with Gasteiger partial charge in [0.05, 0.1) is 11.7 Å². The minimum atomic E-state index is -0.239. The standard InChI is InChI=1S/C23H22FN5/c1-17-9-6-7-14-21(17)29-23(25-26-27-29)22(19-11-4-3-5-12-19)28(2)16-18-10-8-13-20(24)15-18/h3-15,22H,16H2,1-2H3. The van der Waals surface area contributed by atoms with Crippen LogP contribution in [-0.4, -0.2) is 32.2 Å². The summed E-state index contributed by atoms with van der Waals surface area (Å²) in [5, 5.41) is 12.6. The number of halogens is 1. The summed E-state index contributed by atoms with van der Waals surface area (Å²) < 4.78 is 15.5. The van der Waals surface area contributed by atoms with E-state index in [1.165, 1.54) is 6.07 Å². The fourth-order valence-corrected chi connectivity index (χ4v) is 3.59. The van der Waals surface area contributed by atoms with Gasteiger partial charge in [-0.25, -0.2) is 4.39 Å². The summed E-state index contributed by atoms with van der Waals surface area (Å²) in [6, 6.07) is 24.6. The minimum absolute atomic E-state index is 0.200. The average Bonchev–Trinajstić information content (AvgIpc) is 3.18. The van der Waals surface area contributed by atoms with Crippen molar-refractivity contribution in [3.05, 3.63) is 107 Å². The van der Waals surface area contributed by atoms with E-state index in [-0.39, 0.29) is 11.9 Å². The second-order valence-electron chi connectivity index (χ2n) is 7.09. The molecule has 1 heterocycles. The molecule has 5 nitrogen and oxygen atoms in total. The van der Waals surface area contributed by atoms with Crippen LogP contribution in [0.5, 0.6) is 0 Å². The van der Waals surface area contributed by atoms with Gasteiger partial charge in [-0.05, 0) is 59.3 Å². The van der Waals surface area contributed by atoms with Crippen molar-refractivity contribution in [1.82, 2.24) is 25.1 Å². The van der Waals surface area contributed by atoms with E-state index in [9.17, 15) is 4.39 Å². The number of benzene rings is 3. The molecule has 1 aromatic heterocycles. The van der Waals surface area contributed by atoms with Crippen LogP contribution in [-0.2, 0) is 6.54 Å². The molecule has 0 aliphatic carbocycles. The highest BCUT2D eigenvalue weighted by atomic mass is 19.1. The number of hydrogen-bond acceptors (Lipinski definition) is 4. The van der Waals surface area contributed by atoms with Crippen LogP contribution in [0.25, 0.3) is 5.69 Å². The van der Waals surface area contributed by atoms with E-state index in [0.29, 0.717) is 12.4 Å². The maximum Gasteiger partial charge on any atom is 0.178 e. The zero-order chi connectivity index (χ0) is 20.2. The summed E-state index contributed by atoms with van der Waals surface area (Å²) in [4.78, 5) is 2.13. The summed E-state index contributed by atoms with van der Waals surface area (Å²) in [7, 11) is 2.00. The molecule has 0 aliphatic rings. The number of hydrogen-bond donors (Lipinski definition) is 0. The fraction of sp³-hybridized carbons (Fsp3) is 0.174. The van der Waals surface area contributed by atoms with Crippen molar-refractivity contribution in [2.45, 2.75) is 19.5 Å². The molecule has 146 valence electrons. The van der Waals surface area contributed by atoms with Crippen molar-refractivity contribution < 1.29 is 4.39 Å². The molecule has 0 amide bonds. The van der Waals surface area contributed by atoms with Gasteiger partial charge >= 0.3 is 0 Å². The number of rotatable bonds is 6. The van der Waals surface area contributed by atoms with Gasteiger partial charge in [0.15, 0.2) is 5.82 Å². The number of aryl methyl sites for hydroxylation is 1. The van der Waals surface area contributed by atoms with Crippen LogP contribution < -0.4 is 0 Å². The first-order valence-electron chi connectivity index (χ1n) is 9.47. The number of tetrazole rings is 1. The summed E-state index contributed by atoms with van der Waals surface area (Å²) in [6.07, 6.45) is 0. The number of nitrogens with zero attached hydrogens (tertiary/aromatic N) is 5. The normalized spacial score (nSPS) is 12.3. The molecule has 0 saturated heterocycles. The largest absolute Gasteiger partial charge is 0.288 e. The second kappa shape index (κ2) is 8.32. The number of aromatic nitrogens is 4. The van der Waals surface area contributed by atoms with Crippen LogP contribution in [0.4, 0.5) is 4.39 Å². The molecule has 6 heteroatoms. The Morgan fingerprint density at radius 2 is 1.72 bits per heavy atom. The molecule has 4 rings (SSSR count). The van der Waals surface area contributed by atoms with Crippen LogP contribution in [0, 0.1) is 12.7 Å². The van der Waals surface area contributed by atoms with Crippen molar-refractivity contribution in [1.29, 1.82) is 0 Å². The Bertz CT molecular complexity index is 1090. The predicted octanol–water partition coefficient (Wildman–Crippen LogP) is 4.33. The molecule has 1 unspecified atom stereocenters. The molecule has 0 saturated carbocycles. The molecule has 0 radical (unpaired) electrons. The highest BCUT2D eigenvalue weighted by molar-refractivity contribution is 5.40. The first kappa shape index (κ1) is 19.0. The minimum Gasteiger partial charge on any atom is -0.288 e. The van der Waals surface area contributed by atoms with Crippen LogP contribution in [0.2, 0.25) is 0 Å². The molecule has 0 bridgehead atoms. The Hall–Kier alpha value is -3.38. The van der Waals surface area contributed by atoms with E-state index in [2.05, 4.69) is 32.6 Å². The van der Waals surface area contributed by atoms with Gasteiger partial charge in [0, 0.05) is 6.54 Å². The van der Waals surface area contributed by atoms with E-state index in [1.54, 1.807) is 16.8 Å². The third-order valence-corrected chi connectivity index (χ3v) is 4.96. The molecular weight excluding hydrogens is 365 g/mol. The molecule has 1 atom stereocenters. The lowest BCUT2D eigenvalue weighted by Crippen LogP contribution is -2.28. The SMILES string of the molecule is Cc1ccccc1-n1nnnc1C(c1ccccc1)N(C)Cc1cccc(F)c1.